The van der Waals surface area contributed by atoms with Crippen molar-refractivity contribution in [2.45, 2.75) is 109 Å². The largest absolute Gasteiger partial charge is 0.294 e. The fourth-order valence-corrected chi connectivity index (χ4v) is 10.3. The van der Waals surface area contributed by atoms with E-state index in [1.165, 1.54) is 0 Å². The third-order valence-electron chi connectivity index (χ3n) is 7.99. The van der Waals surface area contributed by atoms with Crippen LogP contribution in [0.5, 0.6) is 0 Å². The zero-order chi connectivity index (χ0) is 26.8. The second-order valence-corrected chi connectivity index (χ2v) is 17.1. The molecule has 0 saturated carbocycles. The summed E-state index contributed by atoms with van der Waals surface area (Å²) in [6, 6.07) is 3.85. The van der Waals surface area contributed by atoms with E-state index in [0.29, 0.717) is 11.1 Å². The highest BCUT2D eigenvalue weighted by molar-refractivity contribution is 7.87. The maximum atomic E-state index is 14.3. The number of alkyl halides is 1. The molecule has 4 rings (SSSR count). The van der Waals surface area contributed by atoms with E-state index in [4.69, 9.17) is 11.6 Å². The first-order valence-electron chi connectivity index (χ1n) is 12.7. The van der Waals surface area contributed by atoms with Gasteiger partial charge < -0.3 is 0 Å². The number of Topliss-reactive ketones (excluding diaryl/α,β-unsaturated/α-hetero) is 2. The zero-order valence-corrected chi connectivity index (χ0v) is 25.0. The van der Waals surface area contributed by atoms with Crippen LogP contribution < -0.4 is 0 Å². The predicted molar refractivity (Wildman–Crippen MR) is 146 cm³/mol. The van der Waals surface area contributed by atoms with Gasteiger partial charge in [-0.05, 0) is 56.1 Å². The molecule has 3 nitrogen and oxygen atoms in total. The molecule has 2 aliphatic heterocycles. The van der Waals surface area contributed by atoms with Gasteiger partial charge in [0.25, 0.3) is 0 Å². The summed E-state index contributed by atoms with van der Waals surface area (Å²) in [5.41, 5.74) is 4.00. The van der Waals surface area contributed by atoms with Crippen LogP contribution in [-0.4, -0.2) is 31.1 Å². The number of hydrogen-bond acceptors (Lipinski definition) is 3. The topological polar surface area (TPSA) is 51.2 Å². The molecule has 0 amide bonds. The van der Waals surface area contributed by atoms with Crippen LogP contribution in [0.1, 0.15) is 115 Å². The van der Waals surface area contributed by atoms with Gasteiger partial charge in [0.1, 0.15) is 4.87 Å². The van der Waals surface area contributed by atoms with Crippen LogP contribution in [0.15, 0.2) is 23.3 Å². The minimum Gasteiger partial charge on any atom is -0.294 e. The van der Waals surface area contributed by atoms with Crippen molar-refractivity contribution in [1.29, 1.82) is 0 Å². The molecule has 192 valence electrons. The summed E-state index contributed by atoms with van der Waals surface area (Å²) in [4.78, 5) is 27.1. The summed E-state index contributed by atoms with van der Waals surface area (Å²) < 4.78 is 14.0. The van der Waals surface area contributed by atoms with Crippen molar-refractivity contribution in [3.8, 4) is 0 Å². The number of carbonyl (C=O) groups excluding carboxylic acids is 2. The van der Waals surface area contributed by atoms with Gasteiger partial charge in [0, 0.05) is 21.9 Å². The molecule has 1 aromatic carbocycles. The molecule has 2 heterocycles. The normalized spacial score (nSPS) is 31.2. The highest BCUT2D eigenvalue weighted by atomic mass is 35.5. The van der Waals surface area contributed by atoms with Gasteiger partial charge in [-0.15, -0.1) is 11.6 Å². The molecule has 35 heavy (non-hydrogen) atoms. The fraction of sp³-hybridized carbons (Fsp3) is 0.667. The molecule has 0 N–H and O–H groups in total. The van der Waals surface area contributed by atoms with Crippen molar-refractivity contribution in [2.24, 2.45) is 16.7 Å². The van der Waals surface area contributed by atoms with Crippen molar-refractivity contribution < 1.29 is 13.8 Å². The first kappa shape index (κ1) is 26.8. The lowest BCUT2D eigenvalue weighted by Gasteiger charge is -2.46. The van der Waals surface area contributed by atoms with Crippen molar-refractivity contribution in [3.63, 3.8) is 0 Å². The molecule has 1 aromatic rings. The SMILES string of the molecule is CC(C)(C)C1=C(C(C)(C)C)C2S(=O)C1C1C(=O)c3cc(C(C)(C)C)c(C(C)(C)C)cc3C(=O)C12Cl. The molecule has 1 fully saturated rings. The molecular formula is C30H41ClO3S. The molecule has 5 atom stereocenters. The molecule has 1 aliphatic carbocycles. The molecule has 5 unspecified atom stereocenters. The van der Waals surface area contributed by atoms with Gasteiger partial charge >= 0.3 is 0 Å². The molecule has 0 spiro atoms. The molecule has 5 heteroatoms. The average molecular weight is 517 g/mol. The van der Waals surface area contributed by atoms with Crippen molar-refractivity contribution in [2.75, 3.05) is 0 Å². The van der Waals surface area contributed by atoms with E-state index in [9.17, 15) is 13.8 Å². The van der Waals surface area contributed by atoms with Gasteiger partial charge in [-0.2, -0.15) is 0 Å². The quantitative estimate of drug-likeness (QED) is 0.271. The first-order chi connectivity index (χ1) is 15.6. The maximum absolute atomic E-state index is 14.3. The maximum Gasteiger partial charge on any atom is 0.186 e. The Bertz CT molecular complexity index is 1210. The van der Waals surface area contributed by atoms with Crippen molar-refractivity contribution >= 4 is 34.0 Å². The molecule has 2 bridgehead atoms. The lowest BCUT2D eigenvalue weighted by molar-refractivity contribution is 0.0762. The lowest BCUT2D eigenvalue weighted by atomic mass is 9.58. The summed E-state index contributed by atoms with van der Waals surface area (Å²) in [6.07, 6.45) is 0. The van der Waals surface area contributed by atoms with E-state index < -0.39 is 32.1 Å². The van der Waals surface area contributed by atoms with Crippen LogP contribution in [0, 0.1) is 16.7 Å². The van der Waals surface area contributed by atoms with Gasteiger partial charge in [-0.3, -0.25) is 13.8 Å². The van der Waals surface area contributed by atoms with E-state index in [-0.39, 0.29) is 33.2 Å². The van der Waals surface area contributed by atoms with Crippen LogP contribution in [0.3, 0.4) is 0 Å². The van der Waals surface area contributed by atoms with Gasteiger partial charge in [-0.1, -0.05) is 83.1 Å². The van der Waals surface area contributed by atoms with E-state index in [1.807, 2.05) is 12.1 Å². The fourth-order valence-electron chi connectivity index (χ4n) is 6.56. The Morgan fingerprint density at radius 1 is 0.714 bits per heavy atom. The number of rotatable bonds is 0. The smallest absolute Gasteiger partial charge is 0.186 e. The van der Waals surface area contributed by atoms with Crippen LogP contribution >= 0.6 is 11.6 Å². The molecular weight excluding hydrogens is 476 g/mol. The van der Waals surface area contributed by atoms with Gasteiger partial charge in [-0.25, -0.2) is 0 Å². The van der Waals surface area contributed by atoms with Crippen LogP contribution in [0.2, 0.25) is 0 Å². The summed E-state index contributed by atoms with van der Waals surface area (Å²) in [5, 5.41) is -1.19. The molecule has 0 aromatic heterocycles. The van der Waals surface area contributed by atoms with Crippen molar-refractivity contribution in [1.82, 2.24) is 0 Å². The zero-order valence-electron chi connectivity index (χ0n) is 23.4. The standard InChI is InChI=1S/C30H41ClO3S/c1-26(2,3)17-13-15-16(14-18(17)27(4,5)6)24(33)30(31)21(22(15)32)23-19(28(7,8)9)20(29(10,11)12)25(30)35(23)34/h13-14,21,23,25H,1-12H3. The van der Waals surface area contributed by atoms with E-state index in [1.54, 1.807) is 0 Å². The monoisotopic (exact) mass is 516 g/mol. The second-order valence-electron chi connectivity index (χ2n) is 14.8. The van der Waals surface area contributed by atoms with Crippen LogP contribution in [-0.2, 0) is 21.6 Å². The number of halogens is 1. The Balaban J connectivity index is 2.05. The molecule has 1 saturated heterocycles. The van der Waals surface area contributed by atoms with E-state index in [2.05, 4.69) is 83.1 Å². The van der Waals surface area contributed by atoms with Crippen LogP contribution in [0.4, 0.5) is 0 Å². The summed E-state index contributed by atoms with van der Waals surface area (Å²) in [5.74, 6) is -1.17. The Kier molecular flexibility index (Phi) is 5.67. The van der Waals surface area contributed by atoms with Gasteiger partial charge in [0.05, 0.1) is 16.4 Å². The first-order valence-corrected chi connectivity index (χ1v) is 14.3. The Morgan fingerprint density at radius 2 is 1.14 bits per heavy atom. The lowest BCUT2D eigenvalue weighted by Crippen LogP contribution is -2.58. The van der Waals surface area contributed by atoms with Gasteiger partial charge in [0.2, 0.25) is 0 Å². The number of hydrogen-bond donors (Lipinski definition) is 0. The summed E-state index contributed by atoms with van der Waals surface area (Å²) >= 11 is 7.35. The Labute approximate surface area is 218 Å². The minimum absolute atomic E-state index is 0.129. The number of benzene rings is 1. The third kappa shape index (κ3) is 3.60. The highest BCUT2D eigenvalue weighted by Crippen LogP contribution is 2.64. The van der Waals surface area contributed by atoms with Crippen LogP contribution in [0.25, 0.3) is 0 Å². The third-order valence-corrected chi connectivity index (χ3v) is 10.8. The van der Waals surface area contributed by atoms with E-state index in [0.717, 1.165) is 22.3 Å². The summed E-state index contributed by atoms with van der Waals surface area (Å²) in [6.45, 7) is 25.4. The van der Waals surface area contributed by atoms with E-state index >= 15 is 0 Å². The highest BCUT2D eigenvalue weighted by Gasteiger charge is 2.74. The average Bonchev–Trinajstić information content (AvgIpc) is 3.09. The summed E-state index contributed by atoms with van der Waals surface area (Å²) in [7, 11) is -1.44. The van der Waals surface area contributed by atoms with Crippen molar-refractivity contribution in [3.05, 3.63) is 45.5 Å². The predicted octanol–water partition coefficient (Wildman–Crippen LogP) is 7.16. The minimum atomic E-state index is -1.50. The molecule has 3 aliphatic rings. The number of ketones is 2. The number of carbonyl (C=O) groups is 2. The van der Waals surface area contributed by atoms with Gasteiger partial charge in [0.15, 0.2) is 11.6 Å². The Hall–Kier alpha value is -1.26. The number of fused-ring (bicyclic) bond motifs is 6. The molecule has 0 radical (unpaired) electrons. The second kappa shape index (κ2) is 7.40. The Morgan fingerprint density at radius 3 is 1.54 bits per heavy atom.